The molecule has 81 valence electrons. The molecule has 0 spiro atoms. The number of hydrogen-bond acceptors (Lipinski definition) is 0. The molecule has 0 atom stereocenters. The first-order valence-electron chi connectivity index (χ1n) is 5.65. The third kappa shape index (κ3) is 2.01. The number of hydrogen-bond donors (Lipinski definition) is 0. The van der Waals surface area contributed by atoms with E-state index in [1.807, 2.05) is 0 Å². The molecular formula is C16H17. The zero-order chi connectivity index (χ0) is 11.6. The fourth-order valence-electron chi connectivity index (χ4n) is 1.91. The Hall–Kier alpha value is -1.56. The second kappa shape index (κ2) is 4.13. The van der Waals surface area contributed by atoms with E-state index in [-0.39, 0.29) is 5.41 Å². The summed E-state index contributed by atoms with van der Waals surface area (Å²) < 4.78 is 0. The van der Waals surface area contributed by atoms with Gasteiger partial charge in [0.25, 0.3) is 0 Å². The van der Waals surface area contributed by atoms with Gasteiger partial charge in [-0.15, -0.1) is 0 Å². The van der Waals surface area contributed by atoms with Crippen molar-refractivity contribution in [3.8, 4) is 0 Å². The molecule has 0 heterocycles. The standard InChI is InChI=1S/C16H17/c1-13-9-11-15(12-10-13)16(2,3)14-7-5-4-6-8-14/h4-9,11-12H,1-3H3. The van der Waals surface area contributed by atoms with Crippen LogP contribution in [0.5, 0.6) is 0 Å². The molecule has 0 heteroatoms. The highest BCUT2D eigenvalue weighted by atomic mass is 14.3. The van der Waals surface area contributed by atoms with Crippen molar-refractivity contribution < 1.29 is 0 Å². The monoisotopic (exact) mass is 209 g/mol. The Balaban J connectivity index is 2.43. The average molecular weight is 209 g/mol. The molecule has 0 saturated heterocycles. The summed E-state index contributed by atoms with van der Waals surface area (Å²) in [5.74, 6) is 0. The van der Waals surface area contributed by atoms with Crippen LogP contribution in [0.2, 0.25) is 0 Å². The van der Waals surface area contributed by atoms with Gasteiger partial charge in [-0.05, 0) is 35.7 Å². The normalized spacial score (nSPS) is 11.4. The first-order chi connectivity index (χ1) is 7.60. The van der Waals surface area contributed by atoms with Gasteiger partial charge in [-0.25, -0.2) is 0 Å². The summed E-state index contributed by atoms with van der Waals surface area (Å²) in [4.78, 5) is 0. The van der Waals surface area contributed by atoms with Crippen molar-refractivity contribution >= 4 is 0 Å². The molecule has 2 aromatic rings. The Morgan fingerprint density at radius 1 is 0.875 bits per heavy atom. The van der Waals surface area contributed by atoms with Gasteiger partial charge >= 0.3 is 0 Å². The molecule has 0 fully saturated rings. The molecule has 2 rings (SSSR count). The highest BCUT2D eigenvalue weighted by Gasteiger charge is 2.22. The van der Waals surface area contributed by atoms with Gasteiger partial charge in [0.2, 0.25) is 0 Å². The maximum absolute atomic E-state index is 3.28. The van der Waals surface area contributed by atoms with Gasteiger partial charge in [-0.3, -0.25) is 0 Å². The van der Waals surface area contributed by atoms with Crippen LogP contribution in [0.1, 0.15) is 30.5 Å². The minimum atomic E-state index is 0.0471. The predicted molar refractivity (Wildman–Crippen MR) is 68.6 cm³/mol. The summed E-state index contributed by atoms with van der Waals surface area (Å²) in [5.41, 5.74) is 3.88. The van der Waals surface area contributed by atoms with Gasteiger partial charge in [0.1, 0.15) is 0 Å². The highest BCUT2D eigenvalue weighted by molar-refractivity contribution is 5.37. The molecule has 0 aliphatic rings. The molecule has 0 saturated carbocycles. The molecule has 0 N–H and O–H groups in total. The Bertz CT molecular complexity index is 449. The first-order valence-corrected chi connectivity index (χ1v) is 5.65. The Morgan fingerprint density at radius 3 is 2.12 bits per heavy atom. The van der Waals surface area contributed by atoms with Crippen LogP contribution < -0.4 is 0 Å². The van der Waals surface area contributed by atoms with Crippen LogP contribution in [-0.2, 0) is 5.41 Å². The van der Waals surface area contributed by atoms with E-state index in [1.54, 1.807) is 0 Å². The summed E-state index contributed by atoms with van der Waals surface area (Å²) >= 11 is 0. The predicted octanol–water partition coefficient (Wildman–Crippen LogP) is 4.12. The van der Waals surface area contributed by atoms with Crippen molar-refractivity contribution in [3.63, 3.8) is 0 Å². The molecule has 0 aromatic heterocycles. The lowest BCUT2D eigenvalue weighted by atomic mass is 9.78. The van der Waals surface area contributed by atoms with Crippen LogP contribution in [0, 0.1) is 13.0 Å². The van der Waals surface area contributed by atoms with E-state index in [4.69, 9.17) is 0 Å². The van der Waals surface area contributed by atoms with Crippen molar-refractivity contribution in [2.75, 3.05) is 0 Å². The van der Waals surface area contributed by atoms with Crippen LogP contribution in [0.15, 0.2) is 48.5 Å². The minimum absolute atomic E-state index is 0.0471. The van der Waals surface area contributed by atoms with Crippen LogP contribution in [0.25, 0.3) is 0 Å². The maximum atomic E-state index is 3.28. The van der Waals surface area contributed by atoms with E-state index in [9.17, 15) is 0 Å². The summed E-state index contributed by atoms with van der Waals surface area (Å²) in [5, 5.41) is 0. The zero-order valence-electron chi connectivity index (χ0n) is 10.1. The van der Waals surface area contributed by atoms with Crippen molar-refractivity contribution in [3.05, 3.63) is 71.3 Å². The lowest BCUT2D eigenvalue weighted by Crippen LogP contribution is -2.18. The van der Waals surface area contributed by atoms with Crippen molar-refractivity contribution in [1.82, 2.24) is 0 Å². The van der Waals surface area contributed by atoms with E-state index in [0.29, 0.717) is 0 Å². The summed E-state index contributed by atoms with van der Waals surface area (Å²) in [7, 11) is 0. The molecule has 0 bridgehead atoms. The fourth-order valence-corrected chi connectivity index (χ4v) is 1.91. The minimum Gasteiger partial charge on any atom is -0.0622 e. The summed E-state index contributed by atoms with van der Waals surface area (Å²) in [6, 6.07) is 20.3. The molecule has 0 unspecified atom stereocenters. The largest absolute Gasteiger partial charge is 0.0622 e. The Morgan fingerprint density at radius 2 is 1.56 bits per heavy atom. The van der Waals surface area contributed by atoms with E-state index in [1.165, 1.54) is 16.7 Å². The number of aryl methyl sites for hydroxylation is 1. The smallest absolute Gasteiger partial charge is 0.0146 e. The molecule has 0 amide bonds. The third-order valence-electron chi connectivity index (χ3n) is 3.19. The lowest BCUT2D eigenvalue weighted by molar-refractivity contribution is 0.640. The van der Waals surface area contributed by atoms with E-state index < -0.39 is 0 Å². The van der Waals surface area contributed by atoms with Gasteiger partial charge in [0, 0.05) is 5.41 Å². The van der Waals surface area contributed by atoms with Gasteiger partial charge in [0.15, 0.2) is 0 Å². The molecular weight excluding hydrogens is 192 g/mol. The van der Waals surface area contributed by atoms with Crippen molar-refractivity contribution in [2.45, 2.75) is 26.2 Å². The SMILES string of the molecule is Cc1[c]cc(C(C)(C)c2ccccc2)cc1. The average Bonchev–Trinajstić information content (AvgIpc) is 2.31. The van der Waals surface area contributed by atoms with Gasteiger partial charge < -0.3 is 0 Å². The third-order valence-corrected chi connectivity index (χ3v) is 3.19. The van der Waals surface area contributed by atoms with E-state index >= 15 is 0 Å². The molecule has 1 radical (unpaired) electrons. The number of benzene rings is 2. The molecule has 0 aliphatic heterocycles. The van der Waals surface area contributed by atoms with E-state index in [2.05, 4.69) is 75.4 Å². The molecule has 2 aromatic carbocycles. The number of rotatable bonds is 2. The van der Waals surface area contributed by atoms with Crippen molar-refractivity contribution in [1.29, 1.82) is 0 Å². The highest BCUT2D eigenvalue weighted by Crippen LogP contribution is 2.30. The van der Waals surface area contributed by atoms with E-state index in [0.717, 1.165) is 0 Å². The Labute approximate surface area is 97.9 Å². The van der Waals surface area contributed by atoms with Crippen LogP contribution in [-0.4, -0.2) is 0 Å². The van der Waals surface area contributed by atoms with Crippen molar-refractivity contribution in [2.24, 2.45) is 0 Å². The topological polar surface area (TPSA) is 0 Å². The Kier molecular flexibility index (Phi) is 2.82. The van der Waals surface area contributed by atoms with Gasteiger partial charge in [-0.1, -0.05) is 56.3 Å². The van der Waals surface area contributed by atoms with Crippen LogP contribution in [0.3, 0.4) is 0 Å². The van der Waals surface area contributed by atoms with Gasteiger partial charge in [-0.2, -0.15) is 0 Å². The van der Waals surface area contributed by atoms with Gasteiger partial charge in [0.05, 0.1) is 0 Å². The molecule has 16 heavy (non-hydrogen) atoms. The van der Waals surface area contributed by atoms with Crippen LogP contribution >= 0.6 is 0 Å². The quantitative estimate of drug-likeness (QED) is 0.698. The fraction of sp³-hybridized carbons (Fsp3) is 0.250. The first kappa shape index (κ1) is 10.9. The second-order valence-corrected chi connectivity index (χ2v) is 4.75. The maximum Gasteiger partial charge on any atom is 0.0146 e. The lowest BCUT2D eigenvalue weighted by Gasteiger charge is -2.26. The molecule has 0 aliphatic carbocycles. The summed E-state index contributed by atoms with van der Waals surface area (Å²) in [6.45, 7) is 6.57. The zero-order valence-corrected chi connectivity index (χ0v) is 10.1. The van der Waals surface area contributed by atoms with Crippen LogP contribution in [0.4, 0.5) is 0 Å². The summed E-state index contributed by atoms with van der Waals surface area (Å²) in [6.07, 6.45) is 0. The second-order valence-electron chi connectivity index (χ2n) is 4.75. The molecule has 0 nitrogen and oxygen atoms in total.